The molecular formula is C81H110Cl2FN13O13S. The number of anilines is 3. The van der Waals surface area contributed by atoms with Gasteiger partial charge in [-0.2, -0.15) is 11.8 Å². The number of nitrogens with two attached hydrogens (primary N) is 2. The molecule has 11 N–H and O–H groups in total. The fraction of sp³-hybridized carbons (Fsp3) is 0.580. The number of aromatic nitrogens is 3. The van der Waals surface area contributed by atoms with Crippen LogP contribution in [-0.2, 0) is 49.3 Å². The van der Waals surface area contributed by atoms with Gasteiger partial charge in [-0.05, 0) is 183 Å². The first-order valence-electron chi connectivity index (χ1n) is 38.8. The van der Waals surface area contributed by atoms with E-state index >= 15 is 4.39 Å². The van der Waals surface area contributed by atoms with Gasteiger partial charge in [0.1, 0.15) is 65.0 Å². The highest BCUT2D eigenvalue weighted by Crippen LogP contribution is 2.50. The lowest BCUT2D eigenvalue weighted by molar-refractivity contribution is -0.162. The summed E-state index contributed by atoms with van der Waals surface area (Å²) in [6.07, 6.45) is 11.0. The lowest BCUT2D eigenvalue weighted by Crippen LogP contribution is -2.59. The summed E-state index contributed by atoms with van der Waals surface area (Å²) in [4.78, 5) is 103. The molecule has 6 aliphatic rings. The Morgan fingerprint density at radius 3 is 2.50 bits per heavy atom. The molecule has 5 amide bonds. The number of aromatic amines is 1. The number of methoxy groups -OCH3 is 1. The van der Waals surface area contributed by atoms with Gasteiger partial charge in [-0.3, -0.25) is 24.5 Å². The molecular weight excluding hydrogens is 1480 g/mol. The third kappa shape index (κ3) is 20.9. The molecule has 26 nitrogen and oxygen atoms in total. The number of aliphatic hydroxyl groups excluding tert-OH is 2. The molecule has 5 fully saturated rings. The first-order valence-corrected chi connectivity index (χ1v) is 40.6. The summed E-state index contributed by atoms with van der Waals surface area (Å²) in [6, 6.07) is 13.0. The third-order valence-corrected chi connectivity index (χ3v) is 24.8. The van der Waals surface area contributed by atoms with Gasteiger partial charge in [0, 0.05) is 106 Å². The number of aryl methyl sites for hydroxylation is 1. The van der Waals surface area contributed by atoms with Crippen LogP contribution >= 0.6 is 35.0 Å². The van der Waals surface area contributed by atoms with Crippen LogP contribution in [0.25, 0.3) is 33.5 Å². The van der Waals surface area contributed by atoms with Crippen LogP contribution in [0.5, 0.6) is 5.75 Å². The minimum absolute atomic E-state index is 0.0307. The Kier molecular flexibility index (Phi) is 28.2. The lowest BCUT2D eigenvalue weighted by Gasteiger charge is -2.41. The normalized spacial score (nSPS) is 26.1. The molecule has 0 radical (unpaired) electrons. The number of aliphatic hydroxyl groups is 2. The van der Waals surface area contributed by atoms with Gasteiger partial charge in [-0.15, -0.1) is 0 Å². The van der Waals surface area contributed by atoms with Gasteiger partial charge in [0.05, 0.1) is 71.9 Å². The van der Waals surface area contributed by atoms with Crippen LogP contribution in [0, 0.1) is 30.5 Å². The molecule has 5 aliphatic heterocycles. The standard InChI is InChI=1S/C81H110Cl2FN13O13S/c1-47-14-10-11-25-81(45-98)41-64(108-78(105)93-81)49(3)72-80(6,110-72)65(40-67(100)95(8)62-35-52(32-47)36-63(106-9)70(62)83)109-76(103)50(4)94(7)66(99)23-31-111-58-39-68(101)97(46-107-44-58)43-51-15-17-53(18-16-51)75(102)88-26-13-12-24-79(5,86)77(104)89-28-27-87-73-69(74-91-60-20-19-55(82)38-61(60)92-74)71(96-29-21-57(85)22-30-96)59(42-90-73)54-33-48(2)34-56(84)37-54/h10-11,14,19-20,33-38,42,49-51,53,57-58,64-65,72,75,88,98,102H,12-13,15-18,21-32,39-41,43-46,85-86H2,1-9H3,(H,87,90)(H,89,104)(H,91,92)(H,93,105)/b11-10+,47-14+/t49?,50?,51?,53?,58-,64?,65+,72?,75?,79?,80?,81?/m1/s1. The molecule has 111 heavy (non-hydrogen) atoms. The number of ether oxygens (including phenoxy) is 5. The van der Waals surface area contributed by atoms with Gasteiger partial charge in [-0.25, -0.2) is 23.9 Å². The van der Waals surface area contributed by atoms with Crippen molar-refractivity contribution in [2.45, 2.75) is 196 Å². The van der Waals surface area contributed by atoms with E-state index in [2.05, 4.69) is 31.2 Å². The number of nitrogens with zero attached hydrogens (tertiary/aromatic N) is 6. The smallest absolute Gasteiger partial charge is 0.407 e. The van der Waals surface area contributed by atoms with Crippen LogP contribution in [0.4, 0.5) is 26.4 Å². The Bertz CT molecular complexity index is 4210. The van der Waals surface area contributed by atoms with Crippen molar-refractivity contribution in [2.75, 3.05) is 101 Å². The number of unbranched alkanes of at least 4 members (excludes halogenated alkanes) is 1. The number of carbonyl (C=O) groups excluding carboxylic acids is 6. The van der Waals surface area contributed by atoms with Crippen molar-refractivity contribution in [1.29, 1.82) is 0 Å². The second-order valence-corrected chi connectivity index (χ2v) is 33.9. The molecule has 604 valence electrons. The number of rotatable bonds is 26. The highest BCUT2D eigenvalue weighted by Gasteiger charge is 2.64. The second-order valence-electron chi connectivity index (χ2n) is 31.6. The summed E-state index contributed by atoms with van der Waals surface area (Å²) in [5.41, 5.74) is 17.0. The van der Waals surface area contributed by atoms with E-state index in [1.54, 1.807) is 51.0 Å². The monoisotopic (exact) mass is 1590 g/mol. The van der Waals surface area contributed by atoms with E-state index in [0.717, 1.165) is 72.0 Å². The number of carbonyl (C=O) groups is 6. The number of alkyl carbamates (subject to hydrolysis) is 1. The Hall–Kier alpha value is -7.64. The number of likely N-dealkylation sites (N-methyl/N-ethyl adjacent to an activating group) is 1. The Morgan fingerprint density at radius 1 is 1.00 bits per heavy atom. The minimum atomic E-state index is -1.25. The van der Waals surface area contributed by atoms with Crippen molar-refractivity contribution in [3.05, 3.63) is 106 Å². The average Bonchev–Trinajstić information content (AvgIpc) is 1.71. The van der Waals surface area contributed by atoms with Crippen molar-refractivity contribution in [2.24, 2.45) is 29.2 Å². The van der Waals surface area contributed by atoms with Crippen molar-refractivity contribution >= 4 is 98.9 Å². The van der Waals surface area contributed by atoms with Gasteiger partial charge in [-0.1, -0.05) is 60.0 Å². The number of halogens is 3. The number of esters is 1. The number of piperidine rings is 1. The minimum Gasteiger partial charge on any atom is -0.495 e. The highest BCUT2D eigenvalue weighted by atomic mass is 35.5. The van der Waals surface area contributed by atoms with Crippen LogP contribution in [-0.4, -0.2) is 215 Å². The Labute approximate surface area is 663 Å². The zero-order valence-electron chi connectivity index (χ0n) is 65.1. The largest absolute Gasteiger partial charge is 0.495 e. The first kappa shape index (κ1) is 84.3. The summed E-state index contributed by atoms with van der Waals surface area (Å²) >= 11 is 14.8. The number of amides is 5. The molecule has 30 heteroatoms. The molecule has 3 aromatic carbocycles. The molecule has 5 aromatic rings. The lowest BCUT2D eigenvalue weighted by atomic mass is 9.80. The predicted molar refractivity (Wildman–Crippen MR) is 429 cm³/mol. The molecule has 2 aromatic heterocycles. The van der Waals surface area contributed by atoms with Crippen LogP contribution in [0.15, 0.2) is 78.5 Å². The molecule has 4 saturated heterocycles. The molecule has 1 aliphatic carbocycles. The van der Waals surface area contributed by atoms with Gasteiger partial charge < -0.3 is 85.9 Å². The van der Waals surface area contributed by atoms with Crippen molar-refractivity contribution in [3.8, 4) is 28.3 Å². The number of epoxide rings is 1. The molecule has 10 atom stereocenters. The number of nitrogens with one attached hydrogen (secondary N) is 5. The average molecular weight is 1600 g/mol. The van der Waals surface area contributed by atoms with Crippen LogP contribution in [0.3, 0.4) is 0 Å². The fourth-order valence-electron chi connectivity index (χ4n) is 15.9. The molecule has 8 unspecified atom stereocenters. The molecule has 7 heterocycles. The van der Waals surface area contributed by atoms with E-state index in [-0.39, 0.29) is 97.3 Å². The number of imidazole rings is 1. The third-order valence-electron chi connectivity index (χ3n) is 23.0. The van der Waals surface area contributed by atoms with Crippen LogP contribution < -0.4 is 47.3 Å². The summed E-state index contributed by atoms with van der Waals surface area (Å²) in [7, 11) is 4.59. The number of thioether (sulfide) groups is 1. The van der Waals surface area contributed by atoms with E-state index in [1.165, 1.54) is 47.9 Å². The molecule has 4 bridgehead atoms. The number of hydrogen-bond acceptors (Lipinski definition) is 21. The molecule has 11 rings (SSSR count). The van der Waals surface area contributed by atoms with Gasteiger partial charge in [0.15, 0.2) is 0 Å². The Balaban J connectivity index is 0.604. The van der Waals surface area contributed by atoms with Gasteiger partial charge >= 0.3 is 12.1 Å². The van der Waals surface area contributed by atoms with E-state index < -0.39 is 71.1 Å². The summed E-state index contributed by atoms with van der Waals surface area (Å²) in [5.74, 6) is -0.648. The SMILES string of the molecule is COc1cc2cc(c1Cl)N(C)C(=O)C[C@H](OC(=O)C(C)N(C)C(=O)CCS[C@H]1COCN(CC3CCC(C(O)NCCCCC(C)(N)C(=O)NCCNc4ncc(-c5cc(C)cc(F)c5)c(N5CCC(N)CC5)c4-c4nc5ccc(Cl)cc5[nH]4)CC3)C(=O)C1)C1(C)OC1C(C)C1CC(CO)(C/C=C/C=C(\C)C2)NC(=O)O1. The number of H-pyrrole nitrogens is 1. The number of allylic oxidation sites excluding steroid dienone is 3. The van der Waals surface area contributed by atoms with Gasteiger partial charge in [0.25, 0.3) is 0 Å². The topological polar surface area (TPSA) is 347 Å². The molecule has 0 spiro atoms. The summed E-state index contributed by atoms with van der Waals surface area (Å²) in [5, 5.41) is 35.2. The maximum Gasteiger partial charge on any atom is 0.407 e. The summed E-state index contributed by atoms with van der Waals surface area (Å²) in [6.45, 7) is 13.8. The van der Waals surface area contributed by atoms with E-state index in [4.69, 9.17) is 68.3 Å². The number of fused-ring (bicyclic) bond motifs is 6. The fourth-order valence-corrected chi connectivity index (χ4v) is 17.5. The van der Waals surface area contributed by atoms with Crippen LogP contribution in [0.2, 0.25) is 10.0 Å². The summed E-state index contributed by atoms with van der Waals surface area (Å²) < 4.78 is 45.3. The van der Waals surface area contributed by atoms with Gasteiger partial charge in [0.2, 0.25) is 23.6 Å². The number of hydrogen-bond donors (Lipinski definition) is 9. The van der Waals surface area contributed by atoms with Crippen LogP contribution in [0.1, 0.15) is 136 Å². The highest BCUT2D eigenvalue weighted by molar-refractivity contribution is 7.99. The Morgan fingerprint density at radius 2 is 1.77 bits per heavy atom. The van der Waals surface area contributed by atoms with Crippen molar-refractivity contribution < 1.29 is 67.1 Å². The molecule has 1 saturated carbocycles. The zero-order valence-corrected chi connectivity index (χ0v) is 67.5. The van der Waals surface area contributed by atoms with Crippen molar-refractivity contribution in [3.63, 3.8) is 0 Å². The second kappa shape index (κ2) is 37.1. The zero-order chi connectivity index (χ0) is 79.6. The quantitative estimate of drug-likeness (QED) is 0.0107. The van der Waals surface area contributed by atoms with E-state index in [1.807, 2.05) is 63.3 Å². The van der Waals surface area contributed by atoms with Crippen molar-refractivity contribution in [1.82, 2.24) is 40.7 Å². The maximum atomic E-state index is 15.1. The number of benzene rings is 3. The first-order chi connectivity index (χ1) is 52.9. The van der Waals surface area contributed by atoms with E-state index in [9.17, 15) is 39.0 Å². The van der Waals surface area contributed by atoms with E-state index in [0.29, 0.717) is 122 Å². The number of pyridine rings is 1. The maximum absolute atomic E-state index is 15.1. The predicted octanol–water partition coefficient (Wildman–Crippen LogP) is 10.1.